The average molecular weight is 793 g/mol. The van der Waals surface area contributed by atoms with Gasteiger partial charge in [-0.3, -0.25) is 0 Å². The lowest BCUT2D eigenvalue weighted by Gasteiger charge is -2.29. The number of nitrogens with zero attached hydrogens (tertiary/aromatic N) is 2. The number of hydrogen-bond acceptors (Lipinski definition) is 3. The molecule has 0 unspecified atom stereocenters. The Morgan fingerprint density at radius 3 is 1.73 bits per heavy atom. The molecule has 0 saturated carbocycles. The summed E-state index contributed by atoms with van der Waals surface area (Å²) in [6.45, 7) is 0. The Bertz CT molecular complexity index is 3900. The van der Waals surface area contributed by atoms with Gasteiger partial charge in [0.2, 0.25) is 0 Å². The van der Waals surface area contributed by atoms with E-state index in [-0.39, 0.29) is 0 Å². The fourth-order valence-corrected chi connectivity index (χ4v) is 9.87. The van der Waals surface area contributed by atoms with Crippen molar-refractivity contribution in [3.8, 4) is 27.9 Å². The summed E-state index contributed by atoms with van der Waals surface area (Å²) < 4.78 is 15.3. The normalized spacial score (nSPS) is 11.9. The van der Waals surface area contributed by atoms with Gasteiger partial charge < -0.3 is 18.3 Å². The van der Waals surface area contributed by atoms with Gasteiger partial charge in [0, 0.05) is 32.5 Å². The number of anilines is 3. The summed E-state index contributed by atoms with van der Waals surface area (Å²) in [5.74, 6) is 0. The third kappa shape index (κ3) is 5.20. The van der Waals surface area contributed by atoms with Gasteiger partial charge in [0.15, 0.2) is 0 Å². The molecule has 3 aromatic heterocycles. The maximum Gasteiger partial charge on any atom is 0.137 e. The van der Waals surface area contributed by atoms with Crippen LogP contribution in [0.25, 0.3) is 104 Å². The molecule has 0 atom stereocenters. The highest BCUT2D eigenvalue weighted by atomic mass is 16.3. The van der Waals surface area contributed by atoms with E-state index in [2.05, 4.69) is 216 Å². The Morgan fingerprint density at radius 2 is 0.871 bits per heavy atom. The van der Waals surface area contributed by atoms with E-state index >= 15 is 0 Å². The van der Waals surface area contributed by atoms with Crippen LogP contribution < -0.4 is 4.90 Å². The van der Waals surface area contributed by atoms with Gasteiger partial charge in [-0.2, -0.15) is 0 Å². The molecule has 13 rings (SSSR count). The van der Waals surface area contributed by atoms with Gasteiger partial charge in [0.05, 0.1) is 44.6 Å². The molecular formula is C58H36N2O2. The van der Waals surface area contributed by atoms with E-state index in [1.807, 2.05) is 12.1 Å². The molecule has 0 aliphatic rings. The van der Waals surface area contributed by atoms with E-state index in [0.717, 1.165) is 99.9 Å². The minimum Gasteiger partial charge on any atom is -0.456 e. The number of hydrogen-bond donors (Lipinski definition) is 0. The molecule has 0 fully saturated rings. The highest BCUT2D eigenvalue weighted by Gasteiger charge is 2.24. The van der Waals surface area contributed by atoms with Gasteiger partial charge in [0.1, 0.15) is 22.3 Å². The van der Waals surface area contributed by atoms with E-state index in [1.165, 1.54) is 21.5 Å². The third-order valence-corrected chi connectivity index (χ3v) is 12.6. The second kappa shape index (κ2) is 13.6. The summed E-state index contributed by atoms with van der Waals surface area (Å²) >= 11 is 0. The van der Waals surface area contributed by atoms with Crippen molar-refractivity contribution in [3.05, 3.63) is 218 Å². The maximum absolute atomic E-state index is 6.47. The van der Waals surface area contributed by atoms with Crippen molar-refractivity contribution >= 4 is 93.5 Å². The van der Waals surface area contributed by atoms with Crippen LogP contribution in [0.15, 0.2) is 227 Å². The molecule has 0 saturated heterocycles. The van der Waals surface area contributed by atoms with Crippen LogP contribution in [-0.2, 0) is 0 Å². The predicted octanol–water partition coefficient (Wildman–Crippen LogP) is 16.5. The number of para-hydroxylation sites is 4. The first-order valence-corrected chi connectivity index (χ1v) is 21.1. The summed E-state index contributed by atoms with van der Waals surface area (Å²) in [7, 11) is 0. The number of benzene rings is 10. The Morgan fingerprint density at radius 1 is 0.323 bits per heavy atom. The first-order chi connectivity index (χ1) is 30.8. The topological polar surface area (TPSA) is 34.5 Å². The lowest BCUT2D eigenvalue weighted by Crippen LogP contribution is -2.12. The van der Waals surface area contributed by atoms with Crippen molar-refractivity contribution in [2.45, 2.75) is 0 Å². The molecule has 0 aliphatic carbocycles. The second-order valence-corrected chi connectivity index (χ2v) is 16.0. The van der Waals surface area contributed by atoms with Crippen LogP contribution in [-0.4, -0.2) is 4.57 Å². The fraction of sp³-hybridized carbons (Fsp3) is 0. The lowest BCUT2D eigenvalue weighted by atomic mass is 9.96. The molecule has 62 heavy (non-hydrogen) atoms. The molecular weight excluding hydrogens is 757 g/mol. The largest absolute Gasteiger partial charge is 0.456 e. The molecule has 0 spiro atoms. The zero-order chi connectivity index (χ0) is 40.7. The summed E-state index contributed by atoms with van der Waals surface area (Å²) in [5, 5.41) is 9.19. The Hall–Kier alpha value is -8.34. The van der Waals surface area contributed by atoms with E-state index in [9.17, 15) is 0 Å². The van der Waals surface area contributed by atoms with Gasteiger partial charge in [0.25, 0.3) is 0 Å². The highest BCUT2D eigenvalue weighted by molar-refractivity contribution is 6.17. The molecule has 10 aromatic carbocycles. The molecule has 13 aromatic rings. The van der Waals surface area contributed by atoms with Crippen molar-refractivity contribution < 1.29 is 8.83 Å². The SMILES string of the molecule is c1cc(-c2ccc3c4ccccc4n(-c4cccc5oc6ccccc6c45)c3c2)cc(-c2ccccc2N(c2cccc3ccccc23)c2cccc3oc4ccccc4c23)c1. The first-order valence-electron chi connectivity index (χ1n) is 21.1. The highest BCUT2D eigenvalue weighted by Crippen LogP contribution is 2.48. The van der Waals surface area contributed by atoms with Crippen LogP contribution >= 0.6 is 0 Å². The molecule has 0 amide bonds. The monoisotopic (exact) mass is 792 g/mol. The molecule has 0 N–H and O–H groups in total. The predicted molar refractivity (Wildman–Crippen MR) is 258 cm³/mol. The van der Waals surface area contributed by atoms with Crippen LogP contribution in [0.4, 0.5) is 17.1 Å². The Balaban J connectivity index is 1.01. The van der Waals surface area contributed by atoms with Gasteiger partial charge >= 0.3 is 0 Å². The molecule has 0 radical (unpaired) electrons. The smallest absolute Gasteiger partial charge is 0.137 e. The van der Waals surface area contributed by atoms with Crippen molar-refractivity contribution in [1.29, 1.82) is 0 Å². The van der Waals surface area contributed by atoms with Gasteiger partial charge in [-0.1, -0.05) is 152 Å². The standard InChI is InChI=1S/C58H36N2O2/c1-2-19-41-37(15-1)16-12-26-48(41)59(50-27-13-31-55-57(50)45-22-5-9-29-53(45)61-55)47-24-7-3-20-42(47)40-18-11-17-38(35-40)39-33-34-44-43-21-4-8-25-49(43)60(52(44)36-39)51-28-14-32-56-58(51)46-23-6-10-30-54(46)62-56/h1-36H. The van der Waals surface area contributed by atoms with Crippen LogP contribution in [0, 0.1) is 0 Å². The Kier molecular flexibility index (Phi) is 7.57. The van der Waals surface area contributed by atoms with Crippen molar-refractivity contribution in [2.75, 3.05) is 4.90 Å². The van der Waals surface area contributed by atoms with Crippen molar-refractivity contribution in [2.24, 2.45) is 0 Å². The quantitative estimate of drug-likeness (QED) is 0.168. The average Bonchev–Trinajstić information content (AvgIpc) is 4.02. The van der Waals surface area contributed by atoms with Crippen molar-refractivity contribution in [3.63, 3.8) is 0 Å². The van der Waals surface area contributed by atoms with Crippen LogP contribution in [0.3, 0.4) is 0 Å². The van der Waals surface area contributed by atoms with Gasteiger partial charge in [-0.25, -0.2) is 0 Å². The molecule has 290 valence electrons. The minimum atomic E-state index is 0.860. The van der Waals surface area contributed by atoms with Gasteiger partial charge in [-0.05, 0) is 88.8 Å². The number of rotatable bonds is 6. The second-order valence-electron chi connectivity index (χ2n) is 16.0. The molecule has 4 nitrogen and oxygen atoms in total. The molecule has 0 aliphatic heterocycles. The Labute approximate surface area is 356 Å². The summed E-state index contributed by atoms with van der Waals surface area (Å²) in [5.41, 5.74) is 14.7. The molecule has 4 heteroatoms. The number of aromatic nitrogens is 1. The zero-order valence-electron chi connectivity index (χ0n) is 33.5. The zero-order valence-corrected chi connectivity index (χ0v) is 33.5. The molecule has 3 heterocycles. The van der Waals surface area contributed by atoms with E-state index in [0.29, 0.717) is 0 Å². The maximum atomic E-state index is 6.47. The summed E-state index contributed by atoms with van der Waals surface area (Å²) in [4.78, 5) is 2.43. The third-order valence-electron chi connectivity index (χ3n) is 12.6. The number of furan rings is 2. The van der Waals surface area contributed by atoms with Gasteiger partial charge in [-0.15, -0.1) is 0 Å². The number of fused-ring (bicyclic) bond motifs is 10. The van der Waals surface area contributed by atoms with Crippen LogP contribution in [0.2, 0.25) is 0 Å². The van der Waals surface area contributed by atoms with Crippen LogP contribution in [0.5, 0.6) is 0 Å². The van der Waals surface area contributed by atoms with Crippen LogP contribution in [0.1, 0.15) is 0 Å². The van der Waals surface area contributed by atoms with E-state index < -0.39 is 0 Å². The fourth-order valence-electron chi connectivity index (χ4n) is 9.87. The van der Waals surface area contributed by atoms with Crippen molar-refractivity contribution in [1.82, 2.24) is 4.57 Å². The lowest BCUT2D eigenvalue weighted by molar-refractivity contribution is 0.668. The summed E-state index contributed by atoms with van der Waals surface area (Å²) in [6.07, 6.45) is 0. The minimum absolute atomic E-state index is 0.860. The van der Waals surface area contributed by atoms with E-state index in [4.69, 9.17) is 8.83 Å². The summed E-state index contributed by atoms with van der Waals surface area (Å²) in [6, 6.07) is 78.1. The molecule has 0 bridgehead atoms. The first kappa shape index (κ1) is 34.5. The van der Waals surface area contributed by atoms with E-state index in [1.54, 1.807) is 0 Å².